The van der Waals surface area contributed by atoms with Crippen molar-refractivity contribution in [2.75, 3.05) is 0 Å². The first-order valence-electron chi connectivity index (χ1n) is 2.51. The molecule has 0 aliphatic rings. The SMILES string of the molecule is CCC(C)(N)C(=O)[Se]. The van der Waals surface area contributed by atoms with E-state index in [4.69, 9.17) is 5.73 Å². The number of rotatable bonds is 2. The Labute approximate surface area is 57.6 Å². The molecule has 47 valence electrons. The Morgan fingerprint density at radius 2 is 2.25 bits per heavy atom. The predicted octanol–water partition coefficient (Wildman–Crippen LogP) is -0.191. The van der Waals surface area contributed by atoms with Gasteiger partial charge in [-0.05, 0) is 0 Å². The van der Waals surface area contributed by atoms with Crippen LogP contribution in [0.4, 0.5) is 0 Å². The molecule has 0 aliphatic heterocycles. The maximum atomic E-state index is 10.5. The van der Waals surface area contributed by atoms with Gasteiger partial charge in [-0.15, -0.1) is 0 Å². The summed E-state index contributed by atoms with van der Waals surface area (Å²) in [6, 6.07) is 0. The van der Waals surface area contributed by atoms with Crippen molar-refractivity contribution < 1.29 is 4.79 Å². The summed E-state index contributed by atoms with van der Waals surface area (Å²) in [6.07, 6.45) is 0.679. The Kier molecular flexibility index (Phi) is 2.67. The van der Waals surface area contributed by atoms with E-state index in [0.717, 1.165) is 0 Å². The minimum atomic E-state index is -0.653. The van der Waals surface area contributed by atoms with Gasteiger partial charge in [0, 0.05) is 0 Å². The second-order valence-electron chi connectivity index (χ2n) is 2.06. The summed E-state index contributed by atoms with van der Waals surface area (Å²) in [4.78, 5) is 10.5. The van der Waals surface area contributed by atoms with Crippen LogP contribution in [0.5, 0.6) is 0 Å². The van der Waals surface area contributed by atoms with E-state index < -0.39 is 5.54 Å². The molecule has 0 spiro atoms. The van der Waals surface area contributed by atoms with Gasteiger partial charge in [0.05, 0.1) is 0 Å². The van der Waals surface area contributed by atoms with Gasteiger partial charge in [-0.2, -0.15) is 0 Å². The number of hydrogen-bond donors (Lipinski definition) is 1. The van der Waals surface area contributed by atoms with Crippen molar-refractivity contribution in [3.63, 3.8) is 0 Å². The molecule has 2 nitrogen and oxygen atoms in total. The van der Waals surface area contributed by atoms with Gasteiger partial charge in [0.15, 0.2) is 0 Å². The second kappa shape index (κ2) is 2.62. The molecule has 0 aromatic carbocycles. The van der Waals surface area contributed by atoms with Crippen LogP contribution in [0.25, 0.3) is 0 Å². The van der Waals surface area contributed by atoms with Gasteiger partial charge in [0.25, 0.3) is 0 Å². The third-order valence-corrected chi connectivity index (χ3v) is 2.18. The van der Waals surface area contributed by atoms with Crippen molar-refractivity contribution in [1.29, 1.82) is 0 Å². The zero-order valence-electron chi connectivity index (χ0n) is 5.10. The summed E-state index contributed by atoms with van der Waals surface area (Å²) in [6.45, 7) is 3.60. The van der Waals surface area contributed by atoms with Crippen LogP contribution in [-0.4, -0.2) is 26.2 Å². The topological polar surface area (TPSA) is 43.1 Å². The molecule has 0 amide bonds. The van der Waals surface area contributed by atoms with Crippen LogP contribution in [0.15, 0.2) is 0 Å². The third-order valence-electron chi connectivity index (χ3n) is 1.20. The summed E-state index contributed by atoms with van der Waals surface area (Å²) < 4.78 is -0.0694. The summed E-state index contributed by atoms with van der Waals surface area (Å²) in [5.74, 6) is 0. The molecule has 0 aliphatic carbocycles. The van der Waals surface area contributed by atoms with Crippen LogP contribution in [0, 0.1) is 0 Å². The number of carbonyl (C=O) groups is 1. The van der Waals surface area contributed by atoms with E-state index in [1.807, 2.05) is 6.92 Å². The molecule has 3 heteroatoms. The fourth-order valence-electron chi connectivity index (χ4n) is 0.144. The standard InChI is InChI=1S/C5H10NOSe/c1-3-5(2,6)4(7)8/h3,6H2,1-2H3. The Morgan fingerprint density at radius 1 is 1.88 bits per heavy atom. The molecule has 0 aromatic rings. The van der Waals surface area contributed by atoms with Gasteiger partial charge >= 0.3 is 57.0 Å². The van der Waals surface area contributed by atoms with Gasteiger partial charge < -0.3 is 0 Å². The summed E-state index contributed by atoms with van der Waals surface area (Å²) >= 11 is 2.37. The molecule has 2 N–H and O–H groups in total. The summed E-state index contributed by atoms with van der Waals surface area (Å²) in [7, 11) is 0. The zero-order valence-corrected chi connectivity index (χ0v) is 6.81. The molecule has 0 saturated carbocycles. The monoisotopic (exact) mass is 180 g/mol. The van der Waals surface area contributed by atoms with Crippen molar-refractivity contribution in [3.8, 4) is 0 Å². The molecule has 8 heavy (non-hydrogen) atoms. The van der Waals surface area contributed by atoms with E-state index >= 15 is 0 Å². The number of hydrogen-bond acceptors (Lipinski definition) is 2. The first-order valence-corrected chi connectivity index (χ1v) is 3.36. The molecule has 1 radical (unpaired) electrons. The van der Waals surface area contributed by atoms with Gasteiger partial charge in [-0.1, -0.05) is 0 Å². The van der Waals surface area contributed by atoms with Crippen molar-refractivity contribution >= 4 is 20.7 Å². The van der Waals surface area contributed by atoms with Gasteiger partial charge in [-0.25, -0.2) is 0 Å². The van der Waals surface area contributed by atoms with E-state index in [2.05, 4.69) is 16.0 Å². The molecule has 1 atom stereocenters. The van der Waals surface area contributed by atoms with Crippen molar-refractivity contribution in [1.82, 2.24) is 0 Å². The molecule has 0 saturated heterocycles. The quantitative estimate of drug-likeness (QED) is 0.597. The molecule has 0 aromatic heterocycles. The molecule has 0 rings (SSSR count). The van der Waals surface area contributed by atoms with Gasteiger partial charge in [0.1, 0.15) is 0 Å². The fraction of sp³-hybridized carbons (Fsp3) is 0.800. The Bertz CT molecular complexity index is 101. The number of carbonyl (C=O) groups excluding carboxylic acids is 1. The molecule has 1 unspecified atom stereocenters. The number of nitrogens with two attached hydrogens (primary N) is 1. The van der Waals surface area contributed by atoms with Crippen LogP contribution in [0.1, 0.15) is 20.3 Å². The van der Waals surface area contributed by atoms with E-state index in [-0.39, 0.29) is 4.68 Å². The van der Waals surface area contributed by atoms with E-state index in [1.165, 1.54) is 0 Å². The molecular formula is C5H10NOSe. The van der Waals surface area contributed by atoms with Crippen molar-refractivity contribution in [2.24, 2.45) is 5.73 Å². The van der Waals surface area contributed by atoms with Crippen molar-refractivity contribution in [3.05, 3.63) is 0 Å². The zero-order chi connectivity index (χ0) is 6.78. The fourth-order valence-corrected chi connectivity index (χ4v) is 0.447. The van der Waals surface area contributed by atoms with E-state index in [9.17, 15) is 4.79 Å². The van der Waals surface area contributed by atoms with Crippen LogP contribution in [0.2, 0.25) is 0 Å². The summed E-state index contributed by atoms with van der Waals surface area (Å²) in [5, 5.41) is 0. The molecule has 0 heterocycles. The van der Waals surface area contributed by atoms with Crippen LogP contribution in [-0.2, 0) is 4.79 Å². The molecule has 0 bridgehead atoms. The van der Waals surface area contributed by atoms with Crippen LogP contribution in [0.3, 0.4) is 0 Å². The summed E-state index contributed by atoms with van der Waals surface area (Å²) in [5.41, 5.74) is 4.83. The van der Waals surface area contributed by atoms with Crippen molar-refractivity contribution in [2.45, 2.75) is 25.8 Å². The molecular weight excluding hydrogens is 169 g/mol. The second-order valence-corrected chi connectivity index (χ2v) is 2.84. The molecule has 0 fully saturated rings. The van der Waals surface area contributed by atoms with Crippen LogP contribution < -0.4 is 5.73 Å². The first-order chi connectivity index (χ1) is 3.50. The first kappa shape index (κ1) is 8.15. The minimum absolute atomic E-state index is 0.0694. The average molecular weight is 179 g/mol. The van der Waals surface area contributed by atoms with E-state index in [1.54, 1.807) is 6.92 Å². The van der Waals surface area contributed by atoms with Gasteiger partial charge in [0.2, 0.25) is 0 Å². The Balaban J connectivity index is 3.91. The van der Waals surface area contributed by atoms with Gasteiger partial charge in [-0.3, -0.25) is 0 Å². The maximum absolute atomic E-state index is 10.5. The Hall–Kier alpha value is 0.149. The van der Waals surface area contributed by atoms with Crippen LogP contribution >= 0.6 is 0 Å². The average Bonchev–Trinajstić information content (AvgIpc) is 1.67. The third kappa shape index (κ3) is 1.95. The normalized spacial score (nSPS) is 17.4. The van der Waals surface area contributed by atoms with E-state index in [0.29, 0.717) is 6.42 Å². The Morgan fingerprint density at radius 3 is 2.25 bits per heavy atom. The predicted molar refractivity (Wildman–Crippen MR) is 33.6 cm³/mol.